The van der Waals surface area contributed by atoms with Crippen molar-refractivity contribution < 1.29 is 24.2 Å². The first-order chi connectivity index (χ1) is 14.7. The lowest BCUT2D eigenvalue weighted by Crippen LogP contribution is -2.58. The summed E-state index contributed by atoms with van der Waals surface area (Å²) < 4.78 is 5.47. The maximum absolute atomic E-state index is 12.7. The second-order valence-electron chi connectivity index (χ2n) is 8.14. The van der Waals surface area contributed by atoms with Crippen molar-refractivity contribution >= 4 is 18.0 Å². The van der Waals surface area contributed by atoms with E-state index in [2.05, 4.69) is 17.4 Å². The van der Waals surface area contributed by atoms with Crippen LogP contribution in [0.5, 0.6) is 0 Å². The predicted molar refractivity (Wildman–Crippen MR) is 117 cm³/mol. The third-order valence-electron chi connectivity index (χ3n) is 5.83. The summed E-state index contributed by atoms with van der Waals surface area (Å²) in [6.45, 7) is 6.47. The van der Waals surface area contributed by atoms with E-state index in [1.54, 1.807) is 6.92 Å². The molecule has 1 unspecified atom stereocenters. The fourth-order valence-electron chi connectivity index (χ4n) is 4.05. The molecule has 0 spiro atoms. The first-order valence-electron chi connectivity index (χ1n) is 10.3. The molecule has 1 aliphatic rings. The van der Waals surface area contributed by atoms with Gasteiger partial charge >= 0.3 is 12.1 Å². The summed E-state index contributed by atoms with van der Waals surface area (Å²) in [5, 5.41) is 11.9. The highest BCUT2D eigenvalue weighted by molar-refractivity contribution is 5.90. The number of ether oxygens (including phenoxy) is 1. The number of nitrogens with one attached hydrogen (secondary N) is 1. The molecule has 3 rings (SSSR count). The molecule has 0 bridgehead atoms. The van der Waals surface area contributed by atoms with Crippen LogP contribution in [0.3, 0.4) is 0 Å². The van der Waals surface area contributed by atoms with Crippen LogP contribution >= 0.6 is 0 Å². The molecule has 0 saturated heterocycles. The van der Waals surface area contributed by atoms with E-state index in [0.29, 0.717) is 0 Å². The van der Waals surface area contributed by atoms with Gasteiger partial charge in [-0.05, 0) is 49.9 Å². The van der Waals surface area contributed by atoms with Crippen molar-refractivity contribution in [1.29, 1.82) is 0 Å². The Hall–Kier alpha value is -3.35. The maximum atomic E-state index is 12.7. The van der Waals surface area contributed by atoms with Gasteiger partial charge in [-0.2, -0.15) is 0 Å². The van der Waals surface area contributed by atoms with E-state index in [1.165, 1.54) is 25.7 Å². The van der Waals surface area contributed by atoms with E-state index in [0.717, 1.165) is 22.3 Å². The number of carboxylic acids is 1. The Morgan fingerprint density at radius 3 is 2.06 bits per heavy atom. The molecule has 2 N–H and O–H groups in total. The Morgan fingerprint density at radius 2 is 1.58 bits per heavy atom. The molecule has 2 aromatic rings. The van der Waals surface area contributed by atoms with Gasteiger partial charge in [-0.3, -0.25) is 4.79 Å². The molecule has 1 atom stereocenters. The van der Waals surface area contributed by atoms with Gasteiger partial charge in [0.05, 0.1) is 0 Å². The lowest BCUT2D eigenvalue weighted by Gasteiger charge is -2.36. The van der Waals surface area contributed by atoms with Crippen LogP contribution in [0, 0.1) is 0 Å². The molecule has 2 aromatic carbocycles. The predicted octanol–water partition coefficient (Wildman–Crippen LogP) is 3.63. The van der Waals surface area contributed by atoms with Crippen LogP contribution in [0.25, 0.3) is 11.1 Å². The fourth-order valence-corrected chi connectivity index (χ4v) is 4.05. The molecule has 0 fully saturated rings. The van der Waals surface area contributed by atoms with Crippen molar-refractivity contribution in [2.45, 2.75) is 45.2 Å². The topological polar surface area (TPSA) is 95.9 Å². The summed E-state index contributed by atoms with van der Waals surface area (Å²) in [7, 11) is 0. The van der Waals surface area contributed by atoms with Crippen LogP contribution in [-0.4, -0.2) is 52.7 Å². The van der Waals surface area contributed by atoms with Crippen molar-refractivity contribution in [1.82, 2.24) is 10.2 Å². The van der Waals surface area contributed by atoms with E-state index in [9.17, 15) is 19.5 Å². The third-order valence-corrected chi connectivity index (χ3v) is 5.83. The van der Waals surface area contributed by atoms with Crippen LogP contribution in [0.1, 0.15) is 44.7 Å². The number of alkyl carbamates (subject to hydrolysis) is 1. The zero-order chi connectivity index (χ0) is 22.8. The van der Waals surface area contributed by atoms with E-state index < -0.39 is 29.6 Å². The zero-order valence-electron chi connectivity index (χ0n) is 18.2. The monoisotopic (exact) mass is 424 g/mol. The molecule has 0 aromatic heterocycles. The average molecular weight is 424 g/mol. The van der Waals surface area contributed by atoms with Crippen LogP contribution in [-0.2, 0) is 14.3 Å². The fraction of sp³-hybridized carbons (Fsp3) is 0.375. The molecule has 7 heteroatoms. The van der Waals surface area contributed by atoms with Crippen LogP contribution in [0.15, 0.2) is 48.5 Å². The van der Waals surface area contributed by atoms with Crippen molar-refractivity contribution in [3.63, 3.8) is 0 Å². The van der Waals surface area contributed by atoms with Crippen LogP contribution in [0.2, 0.25) is 0 Å². The van der Waals surface area contributed by atoms with Gasteiger partial charge in [-0.1, -0.05) is 48.5 Å². The number of carbonyl (C=O) groups is 3. The van der Waals surface area contributed by atoms with Crippen molar-refractivity contribution in [2.24, 2.45) is 0 Å². The van der Waals surface area contributed by atoms with Crippen molar-refractivity contribution in [3.8, 4) is 11.1 Å². The molecule has 0 saturated carbocycles. The molecule has 7 nitrogen and oxygen atoms in total. The zero-order valence-corrected chi connectivity index (χ0v) is 18.2. The standard InChI is InChI=1S/C24H28N2O5/c1-5-26(24(3,4)22(28)29)21(27)15(2)25-23(30)31-14-20-18-12-8-6-10-16(18)17-11-7-9-13-19(17)20/h6-13,15,20H,5,14H2,1-4H3,(H,25,30)(H,28,29). The van der Waals surface area contributed by atoms with Crippen molar-refractivity contribution in [2.75, 3.05) is 13.2 Å². The van der Waals surface area contributed by atoms with E-state index in [-0.39, 0.29) is 19.1 Å². The Labute approximate surface area is 182 Å². The molecule has 0 aliphatic heterocycles. The Kier molecular flexibility index (Phi) is 6.34. The molecule has 1 aliphatic carbocycles. The number of nitrogens with zero attached hydrogens (tertiary/aromatic N) is 1. The summed E-state index contributed by atoms with van der Waals surface area (Å²) >= 11 is 0. The van der Waals surface area contributed by atoms with E-state index in [4.69, 9.17) is 4.74 Å². The number of rotatable bonds is 7. The Morgan fingerprint density at radius 1 is 1.06 bits per heavy atom. The Bertz CT molecular complexity index is 955. The second kappa shape index (κ2) is 8.79. The number of carbonyl (C=O) groups excluding carboxylic acids is 2. The van der Waals surface area contributed by atoms with Gasteiger partial charge in [-0.25, -0.2) is 9.59 Å². The van der Waals surface area contributed by atoms with Gasteiger partial charge in [0.15, 0.2) is 0 Å². The highest BCUT2D eigenvalue weighted by Crippen LogP contribution is 2.44. The maximum Gasteiger partial charge on any atom is 0.407 e. The summed E-state index contributed by atoms with van der Waals surface area (Å²) in [6, 6.07) is 15.1. The molecule has 164 valence electrons. The number of benzene rings is 2. The minimum atomic E-state index is -1.39. The van der Waals surface area contributed by atoms with Crippen LogP contribution < -0.4 is 5.32 Å². The summed E-state index contributed by atoms with van der Waals surface area (Å²) in [5.74, 6) is -1.68. The van der Waals surface area contributed by atoms with Crippen molar-refractivity contribution in [3.05, 3.63) is 59.7 Å². The molecule has 0 radical (unpaired) electrons. The lowest BCUT2D eigenvalue weighted by atomic mass is 9.98. The third kappa shape index (κ3) is 4.26. The largest absolute Gasteiger partial charge is 0.480 e. The number of hydrogen-bond donors (Lipinski definition) is 2. The van der Waals surface area contributed by atoms with E-state index >= 15 is 0 Å². The highest BCUT2D eigenvalue weighted by atomic mass is 16.5. The SMILES string of the molecule is CCN(C(=O)C(C)NC(=O)OCC1c2ccccc2-c2ccccc21)C(C)(C)C(=O)O. The molecular weight excluding hydrogens is 396 g/mol. The minimum absolute atomic E-state index is 0.0813. The number of aliphatic carboxylic acids is 1. The Balaban J connectivity index is 1.65. The number of likely N-dealkylation sites (N-methyl/N-ethyl adjacent to an activating group) is 1. The van der Waals surface area contributed by atoms with E-state index in [1.807, 2.05) is 36.4 Å². The number of hydrogen-bond acceptors (Lipinski definition) is 4. The average Bonchev–Trinajstić information content (AvgIpc) is 3.06. The molecule has 2 amide bonds. The van der Waals surface area contributed by atoms with Gasteiger partial charge in [0.1, 0.15) is 18.2 Å². The first-order valence-corrected chi connectivity index (χ1v) is 10.3. The molecule has 31 heavy (non-hydrogen) atoms. The normalized spacial score (nSPS) is 13.7. The van der Waals surface area contributed by atoms with Gasteiger partial charge < -0.3 is 20.1 Å². The minimum Gasteiger partial charge on any atom is -0.480 e. The summed E-state index contributed by atoms with van der Waals surface area (Å²) in [5.41, 5.74) is 3.07. The van der Waals surface area contributed by atoms with Crippen LogP contribution in [0.4, 0.5) is 4.79 Å². The second-order valence-corrected chi connectivity index (χ2v) is 8.14. The summed E-state index contributed by atoms with van der Waals surface area (Å²) in [6.07, 6.45) is -0.716. The van der Waals surface area contributed by atoms with Gasteiger partial charge in [0.2, 0.25) is 5.91 Å². The quantitative estimate of drug-likeness (QED) is 0.708. The highest BCUT2D eigenvalue weighted by Gasteiger charge is 2.39. The number of carboxylic acid groups (broad SMARTS) is 1. The smallest absolute Gasteiger partial charge is 0.407 e. The van der Waals surface area contributed by atoms with Gasteiger partial charge in [-0.15, -0.1) is 0 Å². The molecule has 0 heterocycles. The van der Waals surface area contributed by atoms with Gasteiger partial charge in [0.25, 0.3) is 0 Å². The molecular formula is C24H28N2O5. The number of amides is 2. The number of fused-ring (bicyclic) bond motifs is 3. The lowest BCUT2D eigenvalue weighted by molar-refractivity contribution is -0.157. The van der Waals surface area contributed by atoms with Gasteiger partial charge in [0, 0.05) is 12.5 Å². The summed E-state index contributed by atoms with van der Waals surface area (Å²) in [4.78, 5) is 37.9. The first kappa shape index (κ1) is 22.3.